The second kappa shape index (κ2) is 6.41. The van der Waals surface area contributed by atoms with Crippen molar-refractivity contribution in [2.24, 2.45) is 0 Å². The van der Waals surface area contributed by atoms with Crippen LogP contribution in [0.3, 0.4) is 0 Å². The summed E-state index contributed by atoms with van der Waals surface area (Å²) in [6.45, 7) is 5.24. The fourth-order valence-electron chi connectivity index (χ4n) is 1.73. The molecule has 0 bridgehead atoms. The van der Waals surface area contributed by atoms with Crippen molar-refractivity contribution >= 4 is 27.3 Å². The van der Waals surface area contributed by atoms with Crippen molar-refractivity contribution in [2.45, 2.75) is 26.3 Å². The number of halogens is 1. The minimum atomic E-state index is 0.133. The molecule has 2 aromatic heterocycles. The van der Waals surface area contributed by atoms with Crippen LogP contribution in [0.2, 0.25) is 0 Å². The van der Waals surface area contributed by atoms with Gasteiger partial charge in [-0.2, -0.15) is 0 Å². The van der Waals surface area contributed by atoms with E-state index in [-0.39, 0.29) is 6.04 Å². The summed E-state index contributed by atoms with van der Waals surface area (Å²) in [5.74, 6) is 0. The van der Waals surface area contributed by atoms with Gasteiger partial charge in [0.25, 0.3) is 0 Å². The highest BCUT2D eigenvalue weighted by atomic mass is 79.9. The largest absolute Gasteiger partial charge is 0.304 e. The molecule has 0 aliphatic heterocycles. The van der Waals surface area contributed by atoms with Crippen LogP contribution in [0.4, 0.5) is 0 Å². The minimum absolute atomic E-state index is 0.133. The number of nitrogens with zero attached hydrogens (tertiary/aromatic N) is 2. The Balaban J connectivity index is 2.30. The molecule has 0 spiro atoms. The summed E-state index contributed by atoms with van der Waals surface area (Å²) in [5.41, 5.74) is 2.24. The first kappa shape index (κ1) is 13.6. The third kappa shape index (κ3) is 3.16. The van der Waals surface area contributed by atoms with Gasteiger partial charge in [0.2, 0.25) is 0 Å². The second-order valence-corrected chi connectivity index (χ2v) is 6.52. The van der Waals surface area contributed by atoms with Gasteiger partial charge >= 0.3 is 0 Å². The van der Waals surface area contributed by atoms with E-state index in [1.54, 1.807) is 23.7 Å². The lowest BCUT2D eigenvalue weighted by atomic mass is 10.1. The van der Waals surface area contributed by atoms with Crippen LogP contribution in [0.5, 0.6) is 0 Å². The molecule has 2 rings (SSSR count). The number of rotatable bonds is 5. The molecule has 0 aromatic carbocycles. The van der Waals surface area contributed by atoms with Crippen molar-refractivity contribution in [1.82, 2.24) is 15.3 Å². The third-order valence-electron chi connectivity index (χ3n) is 2.64. The summed E-state index contributed by atoms with van der Waals surface area (Å²) < 4.78 is 1.18. The predicted octanol–water partition coefficient (Wildman–Crippen LogP) is 3.70. The summed E-state index contributed by atoms with van der Waals surface area (Å²) in [6.07, 6.45) is 6.38. The van der Waals surface area contributed by atoms with Gasteiger partial charge in [-0.3, -0.25) is 9.97 Å². The monoisotopic (exact) mass is 325 g/mol. The Labute approximate surface area is 120 Å². The van der Waals surface area contributed by atoms with Crippen molar-refractivity contribution in [3.8, 4) is 0 Å². The van der Waals surface area contributed by atoms with Crippen LogP contribution < -0.4 is 5.32 Å². The Morgan fingerprint density at radius 3 is 2.83 bits per heavy atom. The van der Waals surface area contributed by atoms with E-state index in [2.05, 4.69) is 51.1 Å². The van der Waals surface area contributed by atoms with E-state index >= 15 is 0 Å². The van der Waals surface area contributed by atoms with Gasteiger partial charge in [-0.05, 0) is 47.4 Å². The fraction of sp³-hybridized carbons (Fsp3) is 0.385. The lowest BCUT2D eigenvalue weighted by Crippen LogP contribution is -2.23. The lowest BCUT2D eigenvalue weighted by Gasteiger charge is -2.15. The molecule has 0 amide bonds. The average Bonchev–Trinajstić information content (AvgIpc) is 2.71. The first-order valence-electron chi connectivity index (χ1n) is 5.97. The molecule has 96 valence electrons. The third-order valence-corrected chi connectivity index (χ3v) is 4.84. The van der Waals surface area contributed by atoms with Crippen LogP contribution in [0.15, 0.2) is 28.4 Å². The molecule has 3 nitrogen and oxygen atoms in total. The van der Waals surface area contributed by atoms with Crippen molar-refractivity contribution < 1.29 is 0 Å². The smallest absolute Gasteiger partial charge is 0.0861 e. The zero-order valence-corrected chi connectivity index (χ0v) is 12.9. The maximum atomic E-state index is 4.41. The molecule has 0 saturated heterocycles. The molecule has 1 atom stereocenters. The van der Waals surface area contributed by atoms with E-state index in [1.807, 2.05) is 6.20 Å². The first-order chi connectivity index (χ1) is 8.72. The van der Waals surface area contributed by atoms with Gasteiger partial charge in [0.05, 0.1) is 21.7 Å². The molecule has 1 N–H and O–H groups in total. The summed E-state index contributed by atoms with van der Waals surface area (Å²) in [7, 11) is 0. The van der Waals surface area contributed by atoms with Crippen LogP contribution in [0.25, 0.3) is 0 Å². The van der Waals surface area contributed by atoms with E-state index in [0.717, 1.165) is 18.7 Å². The molecular formula is C13H16BrN3S. The molecule has 1 unspecified atom stereocenters. The molecule has 0 saturated carbocycles. The van der Waals surface area contributed by atoms with Crippen LogP contribution in [0, 0.1) is 6.92 Å². The zero-order valence-electron chi connectivity index (χ0n) is 10.5. The van der Waals surface area contributed by atoms with Gasteiger partial charge in [0.1, 0.15) is 0 Å². The Hall–Kier alpha value is -0.780. The molecule has 0 radical (unpaired) electrons. The normalized spacial score (nSPS) is 12.6. The standard InChI is InChI=1S/C13H16BrN3S/c1-3-4-17-12(10-8-15-5-6-16-10)11-7-9(2)13(14)18-11/h5-8,12,17H,3-4H2,1-2H3. The molecule has 5 heteroatoms. The van der Waals surface area contributed by atoms with E-state index in [1.165, 1.54) is 14.2 Å². The van der Waals surface area contributed by atoms with E-state index < -0.39 is 0 Å². The topological polar surface area (TPSA) is 37.8 Å². The van der Waals surface area contributed by atoms with E-state index in [9.17, 15) is 0 Å². The van der Waals surface area contributed by atoms with Gasteiger partial charge in [-0.15, -0.1) is 11.3 Å². The molecule has 2 aromatic rings. The molecular weight excluding hydrogens is 310 g/mol. The number of aryl methyl sites for hydroxylation is 1. The predicted molar refractivity (Wildman–Crippen MR) is 78.9 cm³/mol. The average molecular weight is 326 g/mol. The van der Waals surface area contributed by atoms with Gasteiger partial charge in [0.15, 0.2) is 0 Å². The number of nitrogens with one attached hydrogen (secondary N) is 1. The van der Waals surface area contributed by atoms with Crippen molar-refractivity contribution in [1.29, 1.82) is 0 Å². The van der Waals surface area contributed by atoms with Gasteiger partial charge < -0.3 is 5.32 Å². The van der Waals surface area contributed by atoms with Gasteiger partial charge in [0, 0.05) is 17.3 Å². The molecule has 0 fully saturated rings. The van der Waals surface area contributed by atoms with Crippen molar-refractivity contribution in [3.05, 3.63) is 44.6 Å². The number of hydrogen-bond acceptors (Lipinski definition) is 4. The first-order valence-corrected chi connectivity index (χ1v) is 7.58. The summed E-state index contributed by atoms with van der Waals surface area (Å²) in [5, 5.41) is 3.53. The van der Waals surface area contributed by atoms with Crippen LogP contribution in [-0.4, -0.2) is 16.5 Å². The maximum absolute atomic E-state index is 4.41. The van der Waals surface area contributed by atoms with E-state index in [4.69, 9.17) is 0 Å². The number of thiophene rings is 1. The van der Waals surface area contributed by atoms with Crippen LogP contribution in [-0.2, 0) is 0 Å². The maximum Gasteiger partial charge on any atom is 0.0861 e. The Morgan fingerprint density at radius 2 is 2.28 bits per heavy atom. The summed E-state index contributed by atoms with van der Waals surface area (Å²) in [4.78, 5) is 9.84. The molecule has 0 aliphatic rings. The lowest BCUT2D eigenvalue weighted by molar-refractivity contribution is 0.591. The van der Waals surface area contributed by atoms with Crippen LogP contribution in [0.1, 0.15) is 35.5 Å². The highest BCUT2D eigenvalue weighted by Gasteiger charge is 2.18. The Bertz CT molecular complexity index is 479. The Kier molecular flexibility index (Phi) is 4.86. The highest BCUT2D eigenvalue weighted by Crippen LogP contribution is 2.33. The number of aromatic nitrogens is 2. The van der Waals surface area contributed by atoms with Gasteiger partial charge in [-0.25, -0.2) is 0 Å². The van der Waals surface area contributed by atoms with E-state index in [0.29, 0.717) is 0 Å². The molecule has 0 aliphatic carbocycles. The SMILES string of the molecule is CCCNC(c1cnccn1)c1cc(C)c(Br)s1. The minimum Gasteiger partial charge on any atom is -0.304 e. The molecule has 18 heavy (non-hydrogen) atoms. The quantitative estimate of drug-likeness (QED) is 0.910. The second-order valence-electron chi connectivity index (χ2n) is 4.12. The summed E-state index contributed by atoms with van der Waals surface area (Å²) in [6, 6.07) is 2.34. The number of hydrogen-bond donors (Lipinski definition) is 1. The van der Waals surface area contributed by atoms with Crippen molar-refractivity contribution in [3.63, 3.8) is 0 Å². The Morgan fingerprint density at radius 1 is 1.44 bits per heavy atom. The van der Waals surface area contributed by atoms with Gasteiger partial charge in [-0.1, -0.05) is 6.92 Å². The molecule has 2 heterocycles. The van der Waals surface area contributed by atoms with Crippen molar-refractivity contribution in [2.75, 3.05) is 6.54 Å². The highest BCUT2D eigenvalue weighted by molar-refractivity contribution is 9.11. The summed E-state index contributed by atoms with van der Waals surface area (Å²) >= 11 is 5.33. The van der Waals surface area contributed by atoms with Crippen LogP contribution >= 0.6 is 27.3 Å². The zero-order chi connectivity index (χ0) is 13.0. The fourth-order valence-corrected chi connectivity index (χ4v) is 3.38.